The summed E-state index contributed by atoms with van der Waals surface area (Å²) in [7, 11) is 0. The highest BCUT2D eigenvalue weighted by Crippen LogP contribution is 2.51. The zero-order chi connectivity index (χ0) is 29.4. The van der Waals surface area contributed by atoms with Gasteiger partial charge in [0.25, 0.3) is 0 Å². The minimum Gasteiger partial charge on any atom is -0.278 e. The van der Waals surface area contributed by atoms with Gasteiger partial charge in [0.1, 0.15) is 11.6 Å². The Morgan fingerprint density at radius 3 is 2.09 bits per heavy atom. The van der Waals surface area contributed by atoms with Gasteiger partial charge < -0.3 is 0 Å². The maximum atomic E-state index is 4.84. The lowest BCUT2D eigenvalue weighted by Gasteiger charge is -2.40. The second kappa shape index (κ2) is 9.23. The summed E-state index contributed by atoms with van der Waals surface area (Å²) >= 11 is 0. The molecule has 1 aliphatic heterocycles. The number of benzene rings is 6. The summed E-state index contributed by atoms with van der Waals surface area (Å²) in [4.78, 5) is 11.7. The molecule has 8 aromatic rings. The second-order valence-electron chi connectivity index (χ2n) is 12.3. The summed E-state index contributed by atoms with van der Waals surface area (Å²) < 4.78 is 0. The molecule has 0 aliphatic carbocycles. The maximum Gasteiger partial charge on any atom is 0.142 e. The van der Waals surface area contributed by atoms with Crippen LogP contribution in [0.1, 0.15) is 25.0 Å². The van der Waals surface area contributed by atoms with Gasteiger partial charge in [0.2, 0.25) is 0 Å². The summed E-state index contributed by atoms with van der Waals surface area (Å²) in [5.41, 5.74) is 8.22. The van der Waals surface area contributed by atoms with Gasteiger partial charge in [0.15, 0.2) is 0 Å². The first kappa shape index (κ1) is 25.0. The average molecular weight is 564 g/mol. The van der Waals surface area contributed by atoms with Gasteiger partial charge in [0, 0.05) is 23.4 Å². The molecule has 0 amide bonds. The van der Waals surface area contributed by atoms with Crippen molar-refractivity contribution in [2.24, 2.45) is 0 Å². The summed E-state index contributed by atoms with van der Waals surface area (Å²) in [5.74, 6) is 1.81. The van der Waals surface area contributed by atoms with Gasteiger partial charge in [0.05, 0.1) is 5.69 Å². The average Bonchev–Trinajstić information content (AvgIpc) is 3.08. The molecule has 9 rings (SSSR count). The van der Waals surface area contributed by atoms with Crippen LogP contribution in [-0.2, 0) is 5.41 Å². The number of fused-ring (bicyclic) bond motifs is 2. The quantitative estimate of drug-likeness (QED) is 0.200. The summed E-state index contributed by atoms with van der Waals surface area (Å²) in [6.45, 7) is 4.60. The molecule has 3 heteroatoms. The molecular weight excluding hydrogens is 534 g/mol. The van der Waals surface area contributed by atoms with Crippen LogP contribution in [0, 0.1) is 0 Å². The van der Waals surface area contributed by atoms with Crippen LogP contribution in [0.25, 0.3) is 54.6 Å². The first-order chi connectivity index (χ1) is 21.6. The lowest BCUT2D eigenvalue weighted by molar-refractivity contribution is 0.627. The van der Waals surface area contributed by atoms with Crippen molar-refractivity contribution in [2.75, 3.05) is 4.90 Å². The largest absolute Gasteiger partial charge is 0.278 e. The topological polar surface area (TPSA) is 29.0 Å². The summed E-state index contributed by atoms with van der Waals surface area (Å²) in [5, 5.41) is 7.86. The van der Waals surface area contributed by atoms with E-state index in [1.165, 1.54) is 65.7 Å². The molecule has 0 spiro atoms. The molecule has 0 saturated heterocycles. The fraction of sp³-hybridized carbons (Fsp3) is 0.0732. The number of nitrogens with zero attached hydrogens (tertiary/aromatic N) is 3. The van der Waals surface area contributed by atoms with Crippen molar-refractivity contribution in [3.05, 3.63) is 151 Å². The van der Waals surface area contributed by atoms with Crippen molar-refractivity contribution in [1.82, 2.24) is 9.97 Å². The van der Waals surface area contributed by atoms with Gasteiger partial charge in [-0.3, -0.25) is 4.90 Å². The highest BCUT2D eigenvalue weighted by atomic mass is 15.2. The molecule has 0 unspecified atom stereocenters. The van der Waals surface area contributed by atoms with E-state index in [2.05, 4.69) is 128 Å². The summed E-state index contributed by atoms with van der Waals surface area (Å²) in [6, 6.07) is 46.3. The monoisotopic (exact) mass is 563 g/mol. The van der Waals surface area contributed by atoms with E-state index in [0.717, 1.165) is 17.3 Å². The van der Waals surface area contributed by atoms with Crippen molar-refractivity contribution in [3.63, 3.8) is 0 Å². The summed E-state index contributed by atoms with van der Waals surface area (Å²) in [6.07, 6.45) is 3.71. The van der Waals surface area contributed by atoms with E-state index in [4.69, 9.17) is 9.97 Å². The van der Waals surface area contributed by atoms with Gasteiger partial charge >= 0.3 is 0 Å². The predicted octanol–water partition coefficient (Wildman–Crippen LogP) is 10.8. The molecule has 44 heavy (non-hydrogen) atoms. The molecule has 3 heterocycles. The molecule has 2 aromatic heterocycles. The molecule has 0 N–H and O–H groups in total. The highest BCUT2D eigenvalue weighted by Gasteiger charge is 2.38. The smallest absolute Gasteiger partial charge is 0.142 e. The Kier molecular flexibility index (Phi) is 5.24. The van der Waals surface area contributed by atoms with Crippen molar-refractivity contribution in [3.8, 4) is 22.3 Å². The van der Waals surface area contributed by atoms with Gasteiger partial charge in [-0.1, -0.05) is 105 Å². The second-order valence-corrected chi connectivity index (χ2v) is 12.3. The molecule has 0 atom stereocenters. The van der Waals surface area contributed by atoms with Crippen LogP contribution in [-0.4, -0.2) is 9.97 Å². The lowest BCUT2D eigenvalue weighted by atomic mass is 9.74. The van der Waals surface area contributed by atoms with Gasteiger partial charge in [-0.05, 0) is 96.5 Å². The lowest BCUT2D eigenvalue weighted by Crippen LogP contribution is -2.31. The molecule has 0 fully saturated rings. The van der Waals surface area contributed by atoms with Crippen LogP contribution >= 0.6 is 0 Å². The molecule has 0 saturated carbocycles. The van der Waals surface area contributed by atoms with Gasteiger partial charge in [-0.2, -0.15) is 0 Å². The fourth-order valence-corrected chi connectivity index (χ4v) is 7.30. The van der Waals surface area contributed by atoms with E-state index in [-0.39, 0.29) is 5.41 Å². The molecule has 0 bridgehead atoms. The Labute approximate surface area is 256 Å². The molecule has 208 valence electrons. The van der Waals surface area contributed by atoms with Crippen LogP contribution in [0.15, 0.2) is 140 Å². The van der Waals surface area contributed by atoms with Crippen LogP contribution in [0.4, 0.5) is 17.3 Å². The maximum absolute atomic E-state index is 4.84. The van der Waals surface area contributed by atoms with Crippen molar-refractivity contribution < 1.29 is 0 Å². The first-order valence-corrected chi connectivity index (χ1v) is 15.2. The van der Waals surface area contributed by atoms with Crippen molar-refractivity contribution in [2.45, 2.75) is 19.3 Å². The zero-order valence-electron chi connectivity index (χ0n) is 24.6. The van der Waals surface area contributed by atoms with Gasteiger partial charge in [-0.15, -0.1) is 0 Å². The Morgan fingerprint density at radius 2 is 1.25 bits per heavy atom. The van der Waals surface area contributed by atoms with E-state index in [0.29, 0.717) is 0 Å². The number of aromatic nitrogens is 2. The van der Waals surface area contributed by atoms with E-state index >= 15 is 0 Å². The molecule has 3 nitrogen and oxygen atoms in total. The number of anilines is 3. The minimum absolute atomic E-state index is 0.232. The number of pyridine rings is 2. The van der Waals surface area contributed by atoms with Gasteiger partial charge in [-0.25, -0.2) is 9.97 Å². The first-order valence-electron chi connectivity index (χ1n) is 15.2. The van der Waals surface area contributed by atoms with Crippen LogP contribution < -0.4 is 4.90 Å². The third-order valence-electron chi connectivity index (χ3n) is 9.50. The third-order valence-corrected chi connectivity index (χ3v) is 9.50. The normalized spacial score (nSPS) is 13.8. The number of rotatable bonds is 3. The highest BCUT2D eigenvalue weighted by molar-refractivity contribution is 6.25. The SMILES string of the molecule is CC1(C)c2cc(-c3cccc(-c4ccc5ccc6cccc7ccc4c5c67)c3)ccc2N(c2ccccn2)c2ncccc21. The Morgan fingerprint density at radius 1 is 0.523 bits per heavy atom. The van der Waals surface area contributed by atoms with E-state index in [9.17, 15) is 0 Å². The Bertz CT molecular complexity index is 2360. The fourth-order valence-electron chi connectivity index (χ4n) is 7.30. The van der Waals surface area contributed by atoms with Crippen LogP contribution in [0.3, 0.4) is 0 Å². The molecule has 6 aromatic carbocycles. The van der Waals surface area contributed by atoms with Crippen molar-refractivity contribution in [1.29, 1.82) is 0 Å². The Hall–Kier alpha value is -5.54. The Balaban J connectivity index is 1.21. The van der Waals surface area contributed by atoms with E-state index in [1.807, 2.05) is 30.6 Å². The molecule has 0 radical (unpaired) electrons. The third kappa shape index (κ3) is 3.56. The standard InChI is InChI=1S/C41H29N3/c1-41(2)34-12-7-23-43-40(34)44(37-13-3-4-22-42-37)36-21-18-30(25-35(36)41)29-10-6-11-31(24-29)32-19-16-28-15-14-26-8-5-9-27-17-20-33(32)39(28)38(26)27/h3-25H,1-2H3. The zero-order valence-corrected chi connectivity index (χ0v) is 24.6. The minimum atomic E-state index is -0.232. The van der Waals surface area contributed by atoms with Crippen molar-refractivity contribution >= 4 is 49.6 Å². The molecular formula is C41H29N3. The molecule has 1 aliphatic rings. The van der Waals surface area contributed by atoms with Crippen LogP contribution in [0.5, 0.6) is 0 Å². The van der Waals surface area contributed by atoms with E-state index in [1.54, 1.807) is 0 Å². The number of hydrogen-bond acceptors (Lipinski definition) is 3. The predicted molar refractivity (Wildman–Crippen MR) is 183 cm³/mol. The number of hydrogen-bond donors (Lipinski definition) is 0. The van der Waals surface area contributed by atoms with E-state index < -0.39 is 0 Å². The van der Waals surface area contributed by atoms with Crippen LogP contribution in [0.2, 0.25) is 0 Å².